The van der Waals surface area contributed by atoms with Crippen molar-refractivity contribution in [2.45, 2.75) is 64.3 Å². The van der Waals surface area contributed by atoms with Crippen LogP contribution in [0.3, 0.4) is 0 Å². The number of halogens is 1. The van der Waals surface area contributed by atoms with E-state index in [1.54, 1.807) is 17.0 Å². The minimum absolute atomic E-state index is 0. The number of carbonyl (C=O) groups is 2. The standard InChI is InChI=1S/C34H35FN2O5.Na.H/c1-21(2)37-29(17-16-26(38)18-27(39)19-30(40)41)31(22-12-14-24(35)15-13-22)32-28-11-7-6-8-23(28)20-36(34(42)33(32)37)25-9-4-3-5-10-25;;/h3-15,21,26-27,38-39H,16-20H2,1-2H3,(H,40,41);;/t26-,27-;;/m1../s1. The van der Waals surface area contributed by atoms with Crippen LogP contribution in [-0.2, 0) is 17.8 Å². The predicted octanol–water partition coefficient (Wildman–Crippen LogP) is 5.57. The number of carboxylic acids is 1. The van der Waals surface area contributed by atoms with Crippen LogP contribution < -0.4 is 4.90 Å². The van der Waals surface area contributed by atoms with Crippen molar-refractivity contribution in [3.05, 3.63) is 102 Å². The predicted molar refractivity (Wildman–Crippen MR) is 167 cm³/mol. The van der Waals surface area contributed by atoms with Crippen LogP contribution in [0.15, 0.2) is 78.9 Å². The third-order valence-electron chi connectivity index (χ3n) is 7.76. The van der Waals surface area contributed by atoms with E-state index in [-0.39, 0.29) is 60.2 Å². The van der Waals surface area contributed by atoms with Crippen molar-refractivity contribution < 1.29 is 29.3 Å². The van der Waals surface area contributed by atoms with Gasteiger partial charge in [0.25, 0.3) is 5.91 Å². The van der Waals surface area contributed by atoms with E-state index in [1.165, 1.54) is 12.1 Å². The summed E-state index contributed by atoms with van der Waals surface area (Å²) in [6.07, 6.45) is -2.08. The van der Waals surface area contributed by atoms with Gasteiger partial charge in [-0.2, -0.15) is 0 Å². The van der Waals surface area contributed by atoms with Crippen molar-refractivity contribution in [3.8, 4) is 22.3 Å². The molecule has 1 amide bonds. The zero-order chi connectivity index (χ0) is 30.0. The van der Waals surface area contributed by atoms with Crippen LogP contribution in [0, 0.1) is 5.82 Å². The fraction of sp³-hybridized carbons (Fsp3) is 0.294. The van der Waals surface area contributed by atoms with Crippen LogP contribution in [0.4, 0.5) is 10.1 Å². The average molecular weight is 595 g/mol. The van der Waals surface area contributed by atoms with Crippen molar-refractivity contribution in [1.29, 1.82) is 0 Å². The van der Waals surface area contributed by atoms with E-state index >= 15 is 0 Å². The fourth-order valence-corrected chi connectivity index (χ4v) is 5.96. The molecule has 0 radical (unpaired) electrons. The zero-order valence-corrected chi connectivity index (χ0v) is 23.7. The van der Waals surface area contributed by atoms with Crippen molar-refractivity contribution in [1.82, 2.24) is 4.57 Å². The molecule has 0 aliphatic carbocycles. The second-order valence-electron chi connectivity index (χ2n) is 11.1. The number of benzene rings is 3. The van der Waals surface area contributed by atoms with Crippen LogP contribution >= 0.6 is 0 Å². The number of aliphatic hydroxyl groups excluding tert-OH is 2. The zero-order valence-electron chi connectivity index (χ0n) is 23.7. The van der Waals surface area contributed by atoms with Crippen LogP contribution in [0.1, 0.15) is 60.9 Å². The number of hydrogen-bond acceptors (Lipinski definition) is 4. The van der Waals surface area contributed by atoms with Crippen molar-refractivity contribution >= 4 is 47.1 Å². The molecule has 2 atom stereocenters. The summed E-state index contributed by atoms with van der Waals surface area (Å²) in [6.45, 7) is 4.38. The molecule has 3 N–H and O–H groups in total. The van der Waals surface area contributed by atoms with Crippen molar-refractivity contribution in [2.75, 3.05) is 4.90 Å². The van der Waals surface area contributed by atoms with Gasteiger partial charge in [-0.1, -0.05) is 54.6 Å². The second-order valence-corrected chi connectivity index (χ2v) is 11.1. The van der Waals surface area contributed by atoms with E-state index in [0.29, 0.717) is 18.7 Å². The van der Waals surface area contributed by atoms with E-state index in [9.17, 15) is 24.2 Å². The molecule has 0 saturated heterocycles. The Morgan fingerprint density at radius 3 is 2.21 bits per heavy atom. The fourth-order valence-electron chi connectivity index (χ4n) is 5.96. The molecule has 7 nitrogen and oxygen atoms in total. The number of rotatable bonds is 10. The van der Waals surface area contributed by atoms with Gasteiger partial charge in [-0.15, -0.1) is 0 Å². The number of hydrogen-bond donors (Lipinski definition) is 3. The number of nitrogens with zero attached hydrogens (tertiary/aromatic N) is 2. The van der Waals surface area contributed by atoms with Gasteiger partial charge in [0.2, 0.25) is 0 Å². The third-order valence-corrected chi connectivity index (χ3v) is 7.76. The first-order chi connectivity index (χ1) is 20.2. The Morgan fingerprint density at radius 2 is 1.56 bits per heavy atom. The molecule has 0 unspecified atom stereocenters. The first-order valence-corrected chi connectivity index (χ1v) is 14.2. The molecule has 2 heterocycles. The molecule has 0 bridgehead atoms. The molecule has 43 heavy (non-hydrogen) atoms. The number of anilines is 1. The Hall–Kier alpha value is -3.27. The van der Waals surface area contributed by atoms with Gasteiger partial charge in [-0.3, -0.25) is 9.59 Å². The molecular formula is C34H36FN2NaO5. The molecule has 220 valence electrons. The average Bonchev–Trinajstić information content (AvgIpc) is 3.24. The maximum absolute atomic E-state index is 14.6. The van der Waals surface area contributed by atoms with Crippen molar-refractivity contribution in [3.63, 3.8) is 0 Å². The molecule has 5 rings (SSSR count). The molecule has 9 heteroatoms. The molecule has 0 saturated carbocycles. The Balaban J connectivity index is 0.00000423. The van der Waals surface area contributed by atoms with E-state index in [4.69, 9.17) is 5.11 Å². The normalized spacial score (nSPS) is 14.0. The molecule has 1 aliphatic heterocycles. The van der Waals surface area contributed by atoms with E-state index in [0.717, 1.165) is 39.2 Å². The Morgan fingerprint density at radius 1 is 0.907 bits per heavy atom. The van der Waals surface area contributed by atoms with E-state index < -0.39 is 24.6 Å². The summed E-state index contributed by atoms with van der Waals surface area (Å²) in [4.78, 5) is 27.4. The molecule has 1 aliphatic rings. The van der Waals surface area contributed by atoms with Crippen LogP contribution in [0.25, 0.3) is 22.3 Å². The number of carbonyl (C=O) groups excluding carboxylic acids is 1. The summed E-state index contributed by atoms with van der Waals surface area (Å²) >= 11 is 0. The number of amides is 1. The van der Waals surface area contributed by atoms with Crippen molar-refractivity contribution in [2.24, 2.45) is 0 Å². The monoisotopic (exact) mass is 594 g/mol. The Kier molecular flexibility index (Phi) is 10.6. The number of aliphatic hydroxyl groups is 2. The maximum atomic E-state index is 14.6. The first-order valence-electron chi connectivity index (χ1n) is 14.2. The quantitative estimate of drug-likeness (QED) is 0.208. The summed E-state index contributed by atoms with van der Waals surface area (Å²) in [7, 11) is 0. The van der Waals surface area contributed by atoms with E-state index in [1.807, 2.05) is 73.0 Å². The molecule has 0 fully saturated rings. The molecular weight excluding hydrogens is 558 g/mol. The molecule has 1 aromatic heterocycles. The summed E-state index contributed by atoms with van der Waals surface area (Å²) < 4.78 is 16.1. The first kappa shape index (κ1) is 32.6. The number of para-hydroxylation sites is 1. The number of fused-ring (bicyclic) bond motifs is 3. The molecule has 3 aromatic carbocycles. The van der Waals surface area contributed by atoms with Crippen LogP contribution in [0.5, 0.6) is 0 Å². The van der Waals surface area contributed by atoms with E-state index in [2.05, 4.69) is 0 Å². The Labute approximate surface area is 272 Å². The summed E-state index contributed by atoms with van der Waals surface area (Å²) in [5.74, 6) is -1.66. The summed E-state index contributed by atoms with van der Waals surface area (Å²) in [5.41, 5.74) is 6.31. The van der Waals surface area contributed by atoms with Gasteiger partial charge in [0.1, 0.15) is 11.5 Å². The SMILES string of the molecule is CC(C)n1c(CC[C@@H](O)C[C@@H](O)CC(=O)O)c(-c2ccc(F)cc2)c2c1C(=O)N(c1ccccc1)Cc1ccccc1-2.[NaH]. The van der Waals surface area contributed by atoms with Gasteiger partial charge in [-0.05, 0) is 74.1 Å². The molecule has 4 aromatic rings. The number of carboxylic acid groups (broad SMARTS) is 1. The van der Waals surface area contributed by atoms with Crippen LogP contribution in [0.2, 0.25) is 0 Å². The van der Waals surface area contributed by atoms with Gasteiger partial charge in [-0.25, -0.2) is 4.39 Å². The van der Waals surface area contributed by atoms with Gasteiger partial charge in [0.05, 0.1) is 25.2 Å². The van der Waals surface area contributed by atoms with Crippen LogP contribution in [-0.4, -0.2) is 73.5 Å². The minimum atomic E-state index is -1.17. The van der Waals surface area contributed by atoms with Gasteiger partial charge >= 0.3 is 35.5 Å². The van der Waals surface area contributed by atoms with Gasteiger partial charge < -0.3 is 24.8 Å². The van der Waals surface area contributed by atoms with Gasteiger partial charge in [0, 0.05) is 28.6 Å². The summed E-state index contributed by atoms with van der Waals surface area (Å²) in [6, 6.07) is 23.5. The van der Waals surface area contributed by atoms with Gasteiger partial charge in [0.15, 0.2) is 0 Å². The Bertz CT molecular complexity index is 1590. The number of aromatic nitrogens is 1. The summed E-state index contributed by atoms with van der Waals surface area (Å²) in [5, 5.41) is 29.9. The third kappa shape index (κ3) is 6.95. The number of aliphatic carboxylic acids is 1. The molecule has 0 spiro atoms. The topological polar surface area (TPSA) is 103 Å². The second kappa shape index (κ2) is 14.0.